The first-order valence-corrected chi connectivity index (χ1v) is 13.1. The summed E-state index contributed by atoms with van der Waals surface area (Å²) in [6, 6.07) is 0. The van der Waals surface area contributed by atoms with Gasteiger partial charge in [0.2, 0.25) is 23.6 Å². The molecule has 0 saturated carbocycles. The number of esters is 1. The molecule has 0 aliphatic heterocycles. The summed E-state index contributed by atoms with van der Waals surface area (Å²) in [5.41, 5.74) is -8.03. The van der Waals surface area contributed by atoms with Gasteiger partial charge in [0.1, 0.15) is 33.3 Å². The summed E-state index contributed by atoms with van der Waals surface area (Å²) >= 11 is 0. The average Bonchev–Trinajstić information content (AvgIpc) is 2.70. The van der Waals surface area contributed by atoms with Crippen molar-refractivity contribution in [2.24, 2.45) is 0 Å². The van der Waals surface area contributed by atoms with Gasteiger partial charge in [-0.05, 0) is 96.9 Å². The van der Waals surface area contributed by atoms with E-state index in [4.69, 9.17) is 9.47 Å². The molecular formula is C27H49N5O8. The molecule has 0 aromatic carbocycles. The summed E-state index contributed by atoms with van der Waals surface area (Å²) in [6.45, 7) is 21.3. The van der Waals surface area contributed by atoms with E-state index in [-0.39, 0.29) is 6.61 Å². The van der Waals surface area contributed by atoms with Crippen LogP contribution in [0.1, 0.15) is 96.9 Å². The van der Waals surface area contributed by atoms with E-state index in [1.54, 1.807) is 27.7 Å². The van der Waals surface area contributed by atoms with E-state index in [9.17, 15) is 28.8 Å². The van der Waals surface area contributed by atoms with Crippen LogP contribution in [0.2, 0.25) is 0 Å². The molecule has 0 rings (SSSR count). The number of nitrogens with one attached hydrogen (secondary N) is 5. The maximum atomic E-state index is 13.1. The fraction of sp³-hybridized carbons (Fsp3) is 0.778. The molecule has 0 aromatic heterocycles. The Morgan fingerprint density at radius 3 is 1.02 bits per heavy atom. The minimum atomic E-state index is -1.52. The van der Waals surface area contributed by atoms with Gasteiger partial charge in [0, 0.05) is 0 Å². The number of carbonyl (C=O) groups excluding carboxylic acids is 6. The van der Waals surface area contributed by atoms with Crippen molar-refractivity contribution in [3.63, 3.8) is 0 Å². The molecule has 0 radical (unpaired) electrons. The van der Waals surface area contributed by atoms with Crippen LogP contribution in [0, 0.1) is 0 Å². The van der Waals surface area contributed by atoms with Gasteiger partial charge in [0.15, 0.2) is 0 Å². The average molecular weight is 572 g/mol. The van der Waals surface area contributed by atoms with Crippen LogP contribution < -0.4 is 26.6 Å². The van der Waals surface area contributed by atoms with Crippen molar-refractivity contribution >= 4 is 35.7 Å². The zero-order valence-corrected chi connectivity index (χ0v) is 26.5. The van der Waals surface area contributed by atoms with Crippen LogP contribution in [0.15, 0.2) is 0 Å². The number of hydrogen-bond acceptors (Lipinski definition) is 8. The Bertz CT molecular complexity index is 1010. The van der Waals surface area contributed by atoms with Gasteiger partial charge >= 0.3 is 12.1 Å². The highest BCUT2D eigenvalue weighted by Gasteiger charge is 2.43. The Morgan fingerprint density at radius 1 is 0.475 bits per heavy atom. The molecule has 0 aliphatic carbocycles. The first-order chi connectivity index (χ1) is 17.6. The Labute approximate surface area is 237 Å². The van der Waals surface area contributed by atoms with E-state index >= 15 is 0 Å². The third-order valence-electron chi connectivity index (χ3n) is 5.57. The van der Waals surface area contributed by atoms with Gasteiger partial charge in [-0.3, -0.25) is 19.2 Å². The molecule has 5 amide bonds. The molecule has 0 atom stereocenters. The largest absolute Gasteiger partial charge is 0.464 e. The van der Waals surface area contributed by atoms with E-state index in [2.05, 4.69) is 26.6 Å². The second kappa shape index (κ2) is 12.4. The van der Waals surface area contributed by atoms with Gasteiger partial charge in [-0.25, -0.2) is 9.59 Å². The lowest BCUT2D eigenvalue weighted by Crippen LogP contribution is -2.68. The van der Waals surface area contributed by atoms with Gasteiger partial charge in [-0.15, -0.1) is 0 Å². The number of alkyl carbamates (subject to hydrolysis) is 1. The van der Waals surface area contributed by atoms with Crippen molar-refractivity contribution in [3.8, 4) is 0 Å². The molecule has 0 heterocycles. The van der Waals surface area contributed by atoms with E-state index in [0.29, 0.717) is 0 Å². The lowest BCUT2D eigenvalue weighted by Gasteiger charge is -2.36. The molecule has 230 valence electrons. The molecule has 0 aromatic rings. The highest BCUT2D eigenvalue weighted by Crippen LogP contribution is 2.15. The number of carbonyl (C=O) groups is 6. The predicted octanol–water partition coefficient (Wildman–Crippen LogP) is 1.43. The van der Waals surface area contributed by atoms with Crippen LogP contribution in [-0.4, -0.2) is 75.6 Å². The molecule has 13 nitrogen and oxygen atoms in total. The van der Waals surface area contributed by atoms with Crippen LogP contribution in [0.3, 0.4) is 0 Å². The molecule has 0 unspecified atom stereocenters. The molecule has 0 fully saturated rings. The molecule has 5 N–H and O–H groups in total. The van der Waals surface area contributed by atoms with Crippen LogP contribution in [0.25, 0.3) is 0 Å². The maximum Gasteiger partial charge on any atom is 0.408 e. The van der Waals surface area contributed by atoms with Crippen molar-refractivity contribution < 1.29 is 38.2 Å². The SMILES string of the molecule is CCOC(=O)C(C)(C)NC(=O)C(C)(C)NC(=O)C(C)(C)NC(=O)C(C)(C)NC(=O)C(C)(C)NC(=O)OC(C)(C)C. The molecule has 0 aliphatic rings. The zero-order chi connectivity index (χ0) is 32.1. The van der Waals surface area contributed by atoms with Gasteiger partial charge in [-0.1, -0.05) is 0 Å². The predicted molar refractivity (Wildman–Crippen MR) is 149 cm³/mol. The third kappa shape index (κ3) is 11.0. The fourth-order valence-corrected chi connectivity index (χ4v) is 2.91. The number of ether oxygens (including phenoxy) is 2. The molecule has 0 bridgehead atoms. The molecule has 40 heavy (non-hydrogen) atoms. The normalized spacial score (nSPS) is 12.9. The van der Waals surface area contributed by atoms with E-state index in [1.807, 2.05) is 0 Å². The Morgan fingerprint density at radius 2 is 0.750 bits per heavy atom. The monoisotopic (exact) mass is 571 g/mol. The van der Waals surface area contributed by atoms with Crippen molar-refractivity contribution in [1.29, 1.82) is 0 Å². The highest BCUT2D eigenvalue weighted by molar-refractivity contribution is 6.00. The molecule has 13 heteroatoms. The standard InChI is InChI=1S/C27H49N5O8/c1-15-39-20(37)27(13,14)31-18(35)25(9,10)29-16(33)23(5,6)28-17(34)24(7,8)30-19(36)26(11,12)32-21(38)40-22(2,3)4/h15H2,1-14H3,(H,28,34)(H,29,33)(H,30,36)(H,31,35)(H,32,38). The van der Waals surface area contributed by atoms with Gasteiger partial charge in [0.25, 0.3) is 0 Å². The maximum absolute atomic E-state index is 13.1. The smallest absolute Gasteiger partial charge is 0.408 e. The van der Waals surface area contributed by atoms with Crippen LogP contribution in [-0.2, 0) is 33.4 Å². The fourth-order valence-electron chi connectivity index (χ4n) is 2.91. The van der Waals surface area contributed by atoms with Crippen molar-refractivity contribution in [1.82, 2.24) is 26.6 Å². The Hall–Kier alpha value is -3.38. The molecule has 0 spiro atoms. The molecule has 0 saturated heterocycles. The second-order valence-electron chi connectivity index (χ2n) is 13.3. The first-order valence-electron chi connectivity index (χ1n) is 13.1. The summed E-state index contributed by atoms with van der Waals surface area (Å²) in [5, 5.41) is 12.8. The summed E-state index contributed by atoms with van der Waals surface area (Å²) < 4.78 is 10.2. The first kappa shape index (κ1) is 36.6. The quantitative estimate of drug-likeness (QED) is 0.231. The van der Waals surface area contributed by atoms with E-state index < -0.39 is 69.0 Å². The minimum Gasteiger partial charge on any atom is -0.464 e. The Balaban J connectivity index is 5.44. The lowest BCUT2D eigenvalue weighted by atomic mass is 9.94. The van der Waals surface area contributed by atoms with Gasteiger partial charge in [-0.2, -0.15) is 0 Å². The van der Waals surface area contributed by atoms with E-state index in [1.165, 1.54) is 69.2 Å². The van der Waals surface area contributed by atoms with Crippen LogP contribution in [0.4, 0.5) is 4.79 Å². The summed E-state index contributed by atoms with van der Waals surface area (Å²) in [4.78, 5) is 76.4. The lowest BCUT2D eigenvalue weighted by molar-refractivity contribution is -0.152. The summed E-state index contributed by atoms with van der Waals surface area (Å²) in [5.74, 6) is -3.33. The van der Waals surface area contributed by atoms with Crippen molar-refractivity contribution in [2.75, 3.05) is 6.61 Å². The second-order valence-corrected chi connectivity index (χ2v) is 13.3. The third-order valence-corrected chi connectivity index (χ3v) is 5.57. The summed E-state index contributed by atoms with van der Waals surface area (Å²) in [7, 11) is 0. The minimum absolute atomic E-state index is 0.140. The van der Waals surface area contributed by atoms with Crippen molar-refractivity contribution in [2.45, 2.75) is 130 Å². The van der Waals surface area contributed by atoms with Gasteiger partial charge < -0.3 is 36.1 Å². The van der Waals surface area contributed by atoms with Crippen LogP contribution >= 0.6 is 0 Å². The number of hydrogen-bond donors (Lipinski definition) is 5. The van der Waals surface area contributed by atoms with Crippen molar-refractivity contribution in [3.05, 3.63) is 0 Å². The zero-order valence-electron chi connectivity index (χ0n) is 26.5. The number of amides is 5. The topological polar surface area (TPSA) is 181 Å². The van der Waals surface area contributed by atoms with Gasteiger partial charge in [0.05, 0.1) is 6.61 Å². The Kier molecular flexibility index (Phi) is 11.4. The number of rotatable bonds is 11. The van der Waals surface area contributed by atoms with Crippen LogP contribution in [0.5, 0.6) is 0 Å². The molecular weight excluding hydrogens is 522 g/mol. The van der Waals surface area contributed by atoms with E-state index in [0.717, 1.165) is 0 Å². The highest BCUT2D eigenvalue weighted by atomic mass is 16.6. The summed E-state index contributed by atoms with van der Waals surface area (Å²) in [6.07, 6.45) is -0.801.